The van der Waals surface area contributed by atoms with Crippen LogP contribution in [0.3, 0.4) is 0 Å². The van der Waals surface area contributed by atoms with Crippen molar-refractivity contribution in [1.82, 2.24) is 10.0 Å². The van der Waals surface area contributed by atoms with Crippen molar-refractivity contribution in [3.05, 3.63) is 29.3 Å². The minimum Gasteiger partial charge on any atom is -0.368 e. The number of aryl methyl sites for hydroxylation is 1. The topological polar surface area (TPSA) is 84.5 Å². The van der Waals surface area contributed by atoms with Gasteiger partial charge in [0.05, 0.1) is 16.6 Å². The maximum absolute atomic E-state index is 12.5. The van der Waals surface area contributed by atoms with Crippen LogP contribution >= 0.6 is 12.4 Å². The monoisotopic (exact) mass is 386 g/mol. The van der Waals surface area contributed by atoms with Crippen LogP contribution in [-0.2, 0) is 21.2 Å². The quantitative estimate of drug-likeness (QED) is 0.817. The van der Waals surface area contributed by atoms with Crippen LogP contribution in [-0.4, -0.2) is 45.5 Å². The second-order valence-corrected chi connectivity index (χ2v) is 8.78. The number of ether oxygens (including phenoxy) is 1. The number of carbonyl (C=O) groups is 1. The van der Waals surface area contributed by atoms with Crippen molar-refractivity contribution in [2.75, 3.05) is 19.6 Å². The molecule has 138 valence electrons. The van der Waals surface area contributed by atoms with Crippen LogP contribution in [0.2, 0.25) is 0 Å². The van der Waals surface area contributed by atoms with Gasteiger partial charge in [-0.15, -0.1) is 12.4 Å². The lowest BCUT2D eigenvalue weighted by molar-refractivity contribution is -0.150. The van der Waals surface area contributed by atoms with Crippen LogP contribution in [0.15, 0.2) is 23.1 Å². The van der Waals surface area contributed by atoms with E-state index in [1.807, 2.05) is 0 Å². The van der Waals surface area contributed by atoms with Gasteiger partial charge in [0.25, 0.3) is 0 Å². The van der Waals surface area contributed by atoms with Crippen LogP contribution in [0.25, 0.3) is 0 Å². The minimum atomic E-state index is -3.63. The lowest BCUT2D eigenvalue weighted by Gasteiger charge is -2.48. The molecule has 3 aliphatic rings. The molecule has 2 saturated heterocycles. The second kappa shape index (κ2) is 6.96. The van der Waals surface area contributed by atoms with E-state index < -0.39 is 10.0 Å². The predicted molar refractivity (Wildman–Crippen MR) is 95.9 cm³/mol. The van der Waals surface area contributed by atoms with Gasteiger partial charge in [-0.1, -0.05) is 6.07 Å². The summed E-state index contributed by atoms with van der Waals surface area (Å²) in [6.45, 7) is 1.97. The molecule has 8 heteroatoms. The molecular weight excluding hydrogens is 364 g/mol. The molecule has 2 heterocycles. The first kappa shape index (κ1) is 18.8. The van der Waals surface area contributed by atoms with Crippen molar-refractivity contribution >= 4 is 28.2 Å². The fraction of sp³-hybridized carbons (Fsp3) is 0.588. The maximum Gasteiger partial charge on any atom is 0.240 e. The van der Waals surface area contributed by atoms with Gasteiger partial charge in [-0.05, 0) is 43.4 Å². The molecule has 1 aromatic carbocycles. The lowest BCUT2D eigenvalue weighted by Crippen LogP contribution is -2.64. The highest BCUT2D eigenvalue weighted by atomic mass is 35.5. The number of benzene rings is 1. The Morgan fingerprint density at radius 2 is 2.08 bits per heavy atom. The summed E-state index contributed by atoms with van der Waals surface area (Å²) >= 11 is 0. The highest BCUT2D eigenvalue weighted by Gasteiger charge is 2.42. The predicted octanol–water partition coefficient (Wildman–Crippen LogP) is 1.43. The number of sulfonamides is 1. The fourth-order valence-corrected chi connectivity index (χ4v) is 4.89. The molecule has 1 unspecified atom stereocenters. The molecule has 0 bridgehead atoms. The van der Waals surface area contributed by atoms with E-state index >= 15 is 0 Å². The van der Waals surface area contributed by atoms with E-state index in [-0.39, 0.29) is 41.3 Å². The molecule has 2 N–H and O–H groups in total. The Kier molecular flexibility index (Phi) is 5.23. The SMILES string of the molecule is Cl.O=C1CCc2ccc(S(=O)(=O)NCC3CCCC4(CNC4)O3)cc21. The number of hydrogen-bond donors (Lipinski definition) is 2. The molecule has 2 fully saturated rings. The Morgan fingerprint density at radius 3 is 2.80 bits per heavy atom. The number of nitrogens with one attached hydrogen (secondary N) is 2. The first-order chi connectivity index (χ1) is 11.5. The molecule has 1 aliphatic carbocycles. The van der Waals surface area contributed by atoms with Crippen LogP contribution in [0.1, 0.15) is 41.6 Å². The number of hydrogen-bond acceptors (Lipinski definition) is 5. The van der Waals surface area contributed by atoms with E-state index in [4.69, 9.17) is 4.74 Å². The Hall–Kier alpha value is -0.990. The lowest BCUT2D eigenvalue weighted by atomic mass is 9.86. The average Bonchev–Trinajstić information content (AvgIpc) is 2.93. The van der Waals surface area contributed by atoms with E-state index in [0.717, 1.165) is 37.9 Å². The number of Topliss-reactive ketones (excluding diaryl/α,β-unsaturated/α-hetero) is 1. The van der Waals surface area contributed by atoms with Crippen molar-refractivity contribution < 1.29 is 17.9 Å². The summed E-state index contributed by atoms with van der Waals surface area (Å²) in [4.78, 5) is 12.0. The number of halogens is 1. The van der Waals surface area contributed by atoms with E-state index in [2.05, 4.69) is 10.0 Å². The zero-order chi connectivity index (χ0) is 16.8. The molecule has 1 atom stereocenters. The Balaban J connectivity index is 0.00000182. The van der Waals surface area contributed by atoms with Gasteiger partial charge in [-0.25, -0.2) is 13.1 Å². The van der Waals surface area contributed by atoms with Gasteiger partial charge in [0.15, 0.2) is 5.78 Å². The van der Waals surface area contributed by atoms with Crippen LogP contribution in [0.5, 0.6) is 0 Å². The van der Waals surface area contributed by atoms with Gasteiger partial charge in [-0.2, -0.15) is 0 Å². The Bertz CT molecular complexity index is 777. The van der Waals surface area contributed by atoms with Crippen molar-refractivity contribution in [2.45, 2.75) is 48.7 Å². The van der Waals surface area contributed by atoms with E-state index in [0.29, 0.717) is 18.4 Å². The van der Waals surface area contributed by atoms with Crippen molar-refractivity contribution in [1.29, 1.82) is 0 Å². The third-order valence-corrected chi connectivity index (χ3v) is 6.71. The normalized spacial score (nSPS) is 24.5. The van der Waals surface area contributed by atoms with Crippen molar-refractivity contribution in [3.8, 4) is 0 Å². The zero-order valence-corrected chi connectivity index (χ0v) is 15.5. The highest BCUT2D eigenvalue weighted by Crippen LogP contribution is 2.32. The summed E-state index contributed by atoms with van der Waals surface area (Å²) in [5, 5.41) is 3.22. The Morgan fingerprint density at radius 1 is 1.28 bits per heavy atom. The molecule has 1 aromatic rings. The van der Waals surface area contributed by atoms with E-state index in [1.54, 1.807) is 12.1 Å². The minimum absolute atomic E-state index is 0. The summed E-state index contributed by atoms with van der Waals surface area (Å²) in [5.41, 5.74) is 1.40. The maximum atomic E-state index is 12.5. The number of ketones is 1. The van der Waals surface area contributed by atoms with Gasteiger partial charge >= 0.3 is 0 Å². The first-order valence-corrected chi connectivity index (χ1v) is 10.0. The molecule has 0 aromatic heterocycles. The average molecular weight is 387 g/mol. The number of rotatable bonds is 4. The van der Waals surface area contributed by atoms with Gasteiger partial charge in [0, 0.05) is 31.6 Å². The van der Waals surface area contributed by atoms with Gasteiger partial charge in [-0.3, -0.25) is 4.79 Å². The smallest absolute Gasteiger partial charge is 0.240 e. The molecule has 25 heavy (non-hydrogen) atoms. The molecular formula is C17H23ClN2O4S. The standard InChI is InChI=1S/C17H22N2O4S.ClH/c20-16-6-4-12-3-5-14(8-15(12)16)24(21,22)19-9-13-2-1-7-17(23-13)10-18-11-17;/h3,5,8,13,18-19H,1-2,4,6-7,9-11H2;1H. The molecule has 0 saturated carbocycles. The largest absolute Gasteiger partial charge is 0.368 e. The molecule has 0 amide bonds. The molecule has 2 aliphatic heterocycles. The van der Waals surface area contributed by atoms with Gasteiger partial charge in [0.2, 0.25) is 10.0 Å². The summed E-state index contributed by atoms with van der Waals surface area (Å²) in [7, 11) is -3.63. The molecule has 4 rings (SSSR count). The van der Waals surface area contributed by atoms with E-state index in [1.165, 1.54) is 6.07 Å². The van der Waals surface area contributed by atoms with Crippen molar-refractivity contribution in [3.63, 3.8) is 0 Å². The van der Waals surface area contributed by atoms with E-state index in [9.17, 15) is 13.2 Å². The molecule has 1 spiro atoms. The molecule has 6 nitrogen and oxygen atoms in total. The summed E-state index contributed by atoms with van der Waals surface area (Å²) in [6, 6.07) is 4.84. The molecule has 0 radical (unpaired) electrons. The highest BCUT2D eigenvalue weighted by molar-refractivity contribution is 7.89. The third kappa shape index (κ3) is 3.61. The number of carbonyl (C=O) groups excluding carboxylic acids is 1. The van der Waals surface area contributed by atoms with Crippen LogP contribution in [0, 0.1) is 0 Å². The zero-order valence-electron chi connectivity index (χ0n) is 13.9. The van der Waals surface area contributed by atoms with Crippen LogP contribution < -0.4 is 10.0 Å². The third-order valence-electron chi connectivity index (χ3n) is 5.28. The second-order valence-electron chi connectivity index (χ2n) is 7.01. The fourth-order valence-electron chi connectivity index (χ4n) is 3.80. The summed E-state index contributed by atoms with van der Waals surface area (Å²) < 4.78 is 33.8. The summed E-state index contributed by atoms with van der Waals surface area (Å²) in [5.74, 6) is 0.0251. The number of fused-ring (bicyclic) bond motifs is 1. The van der Waals surface area contributed by atoms with Crippen molar-refractivity contribution in [2.24, 2.45) is 0 Å². The van der Waals surface area contributed by atoms with Crippen LogP contribution in [0.4, 0.5) is 0 Å². The first-order valence-electron chi connectivity index (χ1n) is 8.52. The van der Waals surface area contributed by atoms with Gasteiger partial charge < -0.3 is 10.1 Å². The Labute approximate surface area is 154 Å². The summed E-state index contributed by atoms with van der Waals surface area (Å²) in [6.07, 6.45) is 4.04. The van der Waals surface area contributed by atoms with Gasteiger partial charge in [0.1, 0.15) is 0 Å².